The highest BCUT2D eigenvalue weighted by Gasteiger charge is 2.05. The van der Waals surface area contributed by atoms with Crippen LogP contribution in [0.15, 0.2) is 48.5 Å². The first-order chi connectivity index (χ1) is 9.72. The number of hydrogen-bond donors (Lipinski definition) is 0. The third-order valence-electron chi connectivity index (χ3n) is 2.98. The van der Waals surface area contributed by atoms with E-state index in [4.69, 9.17) is 16.3 Å². The number of aryl methyl sites for hydroxylation is 1. The van der Waals surface area contributed by atoms with E-state index < -0.39 is 0 Å². The highest BCUT2D eigenvalue weighted by Crippen LogP contribution is 2.25. The van der Waals surface area contributed by atoms with Crippen LogP contribution < -0.4 is 4.74 Å². The molecule has 0 spiro atoms. The van der Waals surface area contributed by atoms with Gasteiger partial charge >= 0.3 is 0 Å². The van der Waals surface area contributed by atoms with Gasteiger partial charge in [0.1, 0.15) is 23.3 Å². The van der Waals surface area contributed by atoms with Crippen LogP contribution in [0.3, 0.4) is 0 Å². The van der Waals surface area contributed by atoms with Gasteiger partial charge in [0.15, 0.2) is 0 Å². The van der Waals surface area contributed by atoms with Crippen molar-refractivity contribution in [2.24, 2.45) is 0 Å². The molecule has 0 N–H and O–H groups in total. The van der Waals surface area contributed by atoms with Gasteiger partial charge in [0.05, 0.1) is 5.52 Å². The zero-order chi connectivity index (χ0) is 13.9. The standard InChI is InChI=1S/C16H13ClN2O/c1-11-18-15-9-13(7-8-14(15)16(17)19-11)20-10-12-5-3-2-4-6-12/h2-9H,10H2,1H3. The number of rotatable bonds is 3. The predicted octanol–water partition coefficient (Wildman–Crippen LogP) is 4.17. The fourth-order valence-electron chi connectivity index (χ4n) is 2.01. The molecule has 0 aliphatic rings. The molecule has 2 aromatic carbocycles. The second kappa shape index (κ2) is 5.47. The normalized spacial score (nSPS) is 10.7. The minimum atomic E-state index is 0.474. The van der Waals surface area contributed by atoms with Gasteiger partial charge in [-0.05, 0) is 24.6 Å². The smallest absolute Gasteiger partial charge is 0.140 e. The highest BCUT2D eigenvalue weighted by atomic mass is 35.5. The Morgan fingerprint density at radius 2 is 1.85 bits per heavy atom. The Bertz CT molecular complexity index is 744. The van der Waals surface area contributed by atoms with Crippen LogP contribution in [0.2, 0.25) is 5.15 Å². The highest BCUT2D eigenvalue weighted by molar-refractivity contribution is 6.34. The van der Waals surface area contributed by atoms with Gasteiger partial charge in [-0.25, -0.2) is 9.97 Å². The van der Waals surface area contributed by atoms with Gasteiger partial charge in [0.2, 0.25) is 0 Å². The van der Waals surface area contributed by atoms with Crippen molar-refractivity contribution >= 4 is 22.5 Å². The molecule has 0 saturated carbocycles. The minimum absolute atomic E-state index is 0.474. The Hall–Kier alpha value is -2.13. The maximum Gasteiger partial charge on any atom is 0.140 e. The van der Waals surface area contributed by atoms with Gasteiger partial charge in [-0.3, -0.25) is 0 Å². The van der Waals surface area contributed by atoms with Crippen molar-refractivity contribution in [2.45, 2.75) is 13.5 Å². The molecule has 1 heterocycles. The summed E-state index contributed by atoms with van der Waals surface area (Å²) in [6, 6.07) is 15.7. The number of benzene rings is 2. The Morgan fingerprint density at radius 1 is 1.05 bits per heavy atom. The molecule has 0 bridgehead atoms. The lowest BCUT2D eigenvalue weighted by Crippen LogP contribution is -1.96. The number of nitrogens with zero attached hydrogens (tertiary/aromatic N) is 2. The number of halogens is 1. The van der Waals surface area contributed by atoms with E-state index in [2.05, 4.69) is 9.97 Å². The average molecular weight is 285 g/mol. The molecule has 20 heavy (non-hydrogen) atoms. The zero-order valence-corrected chi connectivity index (χ0v) is 11.8. The van der Waals surface area contributed by atoms with Crippen molar-refractivity contribution in [1.82, 2.24) is 9.97 Å². The monoisotopic (exact) mass is 284 g/mol. The summed E-state index contributed by atoms with van der Waals surface area (Å²) in [4.78, 5) is 8.52. The van der Waals surface area contributed by atoms with Gasteiger partial charge in [0.25, 0.3) is 0 Å². The molecule has 1 aromatic heterocycles. The summed E-state index contributed by atoms with van der Waals surface area (Å²) in [7, 11) is 0. The van der Waals surface area contributed by atoms with Gasteiger partial charge in [-0.15, -0.1) is 0 Å². The maximum atomic E-state index is 6.10. The zero-order valence-electron chi connectivity index (χ0n) is 11.0. The lowest BCUT2D eigenvalue weighted by Gasteiger charge is -2.08. The molecule has 0 radical (unpaired) electrons. The number of aromatic nitrogens is 2. The SMILES string of the molecule is Cc1nc(Cl)c2ccc(OCc3ccccc3)cc2n1. The summed E-state index contributed by atoms with van der Waals surface area (Å²) in [5, 5.41) is 1.31. The van der Waals surface area contributed by atoms with E-state index in [1.165, 1.54) is 0 Å². The Kier molecular flexibility index (Phi) is 3.52. The fraction of sp³-hybridized carbons (Fsp3) is 0.125. The van der Waals surface area contributed by atoms with Gasteiger partial charge < -0.3 is 4.74 Å². The molecule has 3 aromatic rings. The van der Waals surface area contributed by atoms with Crippen LogP contribution >= 0.6 is 11.6 Å². The lowest BCUT2D eigenvalue weighted by atomic mass is 10.2. The van der Waals surface area contributed by atoms with Crippen LogP contribution in [0.1, 0.15) is 11.4 Å². The number of hydrogen-bond acceptors (Lipinski definition) is 3. The first-order valence-electron chi connectivity index (χ1n) is 6.33. The summed E-state index contributed by atoms with van der Waals surface area (Å²) < 4.78 is 5.78. The van der Waals surface area contributed by atoms with E-state index in [-0.39, 0.29) is 0 Å². The number of fused-ring (bicyclic) bond motifs is 1. The van der Waals surface area contributed by atoms with Crippen molar-refractivity contribution in [3.8, 4) is 5.75 Å². The van der Waals surface area contributed by atoms with Crippen LogP contribution in [0.25, 0.3) is 10.9 Å². The molecule has 0 amide bonds. The topological polar surface area (TPSA) is 35.0 Å². The molecule has 0 aliphatic carbocycles. The van der Waals surface area contributed by atoms with Gasteiger partial charge in [0, 0.05) is 11.5 Å². The summed E-state index contributed by atoms with van der Waals surface area (Å²) in [5.74, 6) is 1.43. The van der Waals surface area contributed by atoms with E-state index in [0.717, 1.165) is 22.2 Å². The summed E-state index contributed by atoms with van der Waals surface area (Å²) in [6.07, 6.45) is 0. The quantitative estimate of drug-likeness (QED) is 0.677. The molecule has 0 saturated heterocycles. The van der Waals surface area contributed by atoms with Crippen LogP contribution in [0.5, 0.6) is 5.75 Å². The fourth-order valence-corrected chi connectivity index (χ4v) is 2.29. The maximum absolute atomic E-state index is 6.10. The first-order valence-corrected chi connectivity index (χ1v) is 6.71. The van der Waals surface area contributed by atoms with Crippen LogP contribution in [0.4, 0.5) is 0 Å². The number of ether oxygens (including phenoxy) is 1. The van der Waals surface area contributed by atoms with E-state index in [0.29, 0.717) is 17.6 Å². The van der Waals surface area contributed by atoms with Gasteiger partial charge in [-0.1, -0.05) is 41.9 Å². The largest absolute Gasteiger partial charge is 0.489 e. The summed E-state index contributed by atoms with van der Waals surface area (Å²) in [6.45, 7) is 2.35. The Balaban J connectivity index is 1.86. The predicted molar refractivity (Wildman–Crippen MR) is 80.1 cm³/mol. The van der Waals surface area contributed by atoms with Crippen LogP contribution in [-0.2, 0) is 6.61 Å². The van der Waals surface area contributed by atoms with Crippen molar-refractivity contribution in [3.63, 3.8) is 0 Å². The average Bonchev–Trinajstić information content (AvgIpc) is 2.45. The van der Waals surface area contributed by atoms with E-state index in [1.54, 1.807) is 0 Å². The lowest BCUT2D eigenvalue weighted by molar-refractivity contribution is 0.306. The van der Waals surface area contributed by atoms with Crippen molar-refractivity contribution in [1.29, 1.82) is 0 Å². The van der Waals surface area contributed by atoms with Crippen molar-refractivity contribution in [2.75, 3.05) is 0 Å². The third-order valence-corrected chi connectivity index (χ3v) is 3.27. The van der Waals surface area contributed by atoms with E-state index in [9.17, 15) is 0 Å². The second-order valence-electron chi connectivity index (χ2n) is 4.51. The van der Waals surface area contributed by atoms with Gasteiger partial charge in [-0.2, -0.15) is 0 Å². The van der Waals surface area contributed by atoms with E-state index >= 15 is 0 Å². The summed E-state index contributed by atoms with van der Waals surface area (Å²) in [5.41, 5.74) is 1.93. The Morgan fingerprint density at radius 3 is 2.65 bits per heavy atom. The molecule has 3 rings (SSSR count). The molecule has 4 heteroatoms. The van der Waals surface area contributed by atoms with Crippen molar-refractivity contribution < 1.29 is 4.74 Å². The molecule has 0 unspecified atom stereocenters. The molecule has 0 atom stereocenters. The molecular weight excluding hydrogens is 272 g/mol. The van der Waals surface area contributed by atoms with Crippen molar-refractivity contribution in [3.05, 3.63) is 65.1 Å². The molecule has 3 nitrogen and oxygen atoms in total. The molecule has 100 valence electrons. The van der Waals surface area contributed by atoms with Crippen LogP contribution in [0, 0.1) is 6.92 Å². The molecule has 0 aliphatic heterocycles. The summed E-state index contributed by atoms with van der Waals surface area (Å²) >= 11 is 6.10. The first kappa shape index (κ1) is 12.9. The third kappa shape index (κ3) is 2.73. The minimum Gasteiger partial charge on any atom is -0.489 e. The van der Waals surface area contributed by atoms with Crippen LogP contribution in [-0.4, -0.2) is 9.97 Å². The second-order valence-corrected chi connectivity index (χ2v) is 4.87. The van der Waals surface area contributed by atoms with E-state index in [1.807, 2.05) is 55.5 Å². The Labute approximate surface area is 122 Å². The molecular formula is C16H13ClN2O. The molecule has 0 fully saturated rings.